The van der Waals surface area contributed by atoms with Crippen molar-refractivity contribution >= 4 is 22.5 Å². The van der Waals surface area contributed by atoms with Gasteiger partial charge in [-0.3, -0.25) is 9.69 Å². The summed E-state index contributed by atoms with van der Waals surface area (Å²) >= 11 is 6.48. The third kappa shape index (κ3) is 3.34. The van der Waals surface area contributed by atoms with Crippen LogP contribution < -0.4 is 5.56 Å². The highest BCUT2D eigenvalue weighted by Gasteiger charge is 2.23. The van der Waals surface area contributed by atoms with E-state index in [-0.39, 0.29) is 5.56 Å². The molecule has 0 saturated carbocycles. The number of hydrogen-bond acceptors (Lipinski definition) is 5. The van der Waals surface area contributed by atoms with Crippen LogP contribution in [0.2, 0.25) is 5.15 Å². The van der Waals surface area contributed by atoms with Crippen molar-refractivity contribution < 1.29 is 4.42 Å². The highest BCUT2D eigenvalue weighted by molar-refractivity contribution is 6.30. The lowest BCUT2D eigenvalue weighted by molar-refractivity contribution is 0.241. The molecule has 3 aromatic heterocycles. The predicted molar refractivity (Wildman–Crippen MR) is 112 cm³/mol. The van der Waals surface area contributed by atoms with Crippen molar-refractivity contribution in [3.8, 4) is 11.6 Å². The molecule has 4 heterocycles. The van der Waals surface area contributed by atoms with Gasteiger partial charge in [-0.25, -0.2) is 9.97 Å². The van der Waals surface area contributed by atoms with Crippen LogP contribution in [0.15, 0.2) is 51.9 Å². The van der Waals surface area contributed by atoms with E-state index in [1.165, 1.54) is 0 Å². The molecule has 1 aromatic carbocycles. The van der Waals surface area contributed by atoms with Crippen molar-refractivity contribution in [3.63, 3.8) is 0 Å². The predicted octanol–water partition coefficient (Wildman–Crippen LogP) is 4.10. The van der Waals surface area contributed by atoms with Crippen molar-refractivity contribution in [3.05, 3.63) is 80.6 Å². The zero-order chi connectivity index (χ0) is 20.0. The van der Waals surface area contributed by atoms with Crippen LogP contribution in [0.4, 0.5) is 0 Å². The van der Waals surface area contributed by atoms with E-state index in [9.17, 15) is 4.79 Å². The highest BCUT2D eigenvalue weighted by atomic mass is 35.5. The van der Waals surface area contributed by atoms with E-state index in [1.54, 1.807) is 18.4 Å². The van der Waals surface area contributed by atoms with Crippen molar-refractivity contribution in [2.24, 2.45) is 0 Å². The largest absolute Gasteiger partial charge is 0.461 e. The number of H-pyrrole nitrogens is 1. The second kappa shape index (κ2) is 7.13. The summed E-state index contributed by atoms with van der Waals surface area (Å²) in [6, 6.07) is 11.8. The first-order chi connectivity index (χ1) is 14.1. The van der Waals surface area contributed by atoms with Crippen LogP contribution in [0, 0.1) is 6.92 Å². The summed E-state index contributed by atoms with van der Waals surface area (Å²) in [5.41, 5.74) is 4.40. The Bertz CT molecular complexity index is 1260. The van der Waals surface area contributed by atoms with E-state index in [0.29, 0.717) is 41.8 Å². The fraction of sp³-hybridized carbons (Fsp3) is 0.227. The number of fused-ring (bicyclic) bond motifs is 2. The lowest BCUT2D eigenvalue weighted by Gasteiger charge is -2.28. The second-order valence-corrected chi connectivity index (χ2v) is 7.72. The minimum atomic E-state index is -0.121. The quantitative estimate of drug-likeness (QED) is 0.518. The van der Waals surface area contributed by atoms with Gasteiger partial charge in [0.05, 0.1) is 23.0 Å². The van der Waals surface area contributed by atoms with E-state index in [2.05, 4.69) is 25.9 Å². The molecule has 29 heavy (non-hydrogen) atoms. The molecule has 0 unspecified atom stereocenters. The fourth-order valence-electron chi connectivity index (χ4n) is 3.87. The van der Waals surface area contributed by atoms with Gasteiger partial charge in [0.25, 0.3) is 5.56 Å². The number of aromatic nitrogens is 3. The lowest BCUT2D eigenvalue weighted by atomic mass is 10.1. The van der Waals surface area contributed by atoms with Gasteiger partial charge in [-0.1, -0.05) is 29.8 Å². The first-order valence-corrected chi connectivity index (χ1v) is 9.89. The van der Waals surface area contributed by atoms with Gasteiger partial charge in [-0.05, 0) is 30.7 Å². The minimum absolute atomic E-state index is 0.121. The van der Waals surface area contributed by atoms with Gasteiger partial charge in [0.2, 0.25) is 0 Å². The average Bonchev–Trinajstić information content (AvgIpc) is 3.25. The first-order valence-electron chi connectivity index (χ1n) is 9.51. The lowest BCUT2D eigenvalue weighted by Crippen LogP contribution is -2.35. The number of aromatic amines is 1. The number of benzene rings is 1. The molecule has 4 aromatic rings. The van der Waals surface area contributed by atoms with E-state index < -0.39 is 0 Å². The van der Waals surface area contributed by atoms with Crippen LogP contribution in [0.25, 0.3) is 22.5 Å². The molecule has 1 aliphatic heterocycles. The van der Waals surface area contributed by atoms with Gasteiger partial charge >= 0.3 is 0 Å². The Labute approximate surface area is 172 Å². The van der Waals surface area contributed by atoms with Gasteiger partial charge in [-0.15, -0.1) is 0 Å². The molecule has 0 spiro atoms. The van der Waals surface area contributed by atoms with Crippen molar-refractivity contribution in [2.75, 3.05) is 6.54 Å². The van der Waals surface area contributed by atoms with Crippen LogP contribution in [0.3, 0.4) is 0 Å². The maximum absolute atomic E-state index is 12.7. The fourth-order valence-corrected chi connectivity index (χ4v) is 4.06. The topological polar surface area (TPSA) is 75.0 Å². The molecule has 0 amide bonds. The standard InChI is InChI=1S/C22H19ClN4O2/c1-13-4-2-5-14-10-15(20(23)25-19(13)14)11-27-8-7-17-16(12-27)22(28)26-21(24-17)18-6-3-9-29-18/h2-6,9-10H,7-8,11-12H2,1H3,(H,24,26,28). The number of furan rings is 1. The Morgan fingerprint density at radius 3 is 2.97 bits per heavy atom. The SMILES string of the molecule is Cc1cccc2cc(CN3CCc4nc(-c5ccco5)[nH]c(=O)c4C3)c(Cl)nc12. The molecule has 0 saturated heterocycles. The number of pyridine rings is 1. The maximum atomic E-state index is 12.7. The molecule has 146 valence electrons. The molecule has 0 radical (unpaired) electrons. The number of hydrogen-bond donors (Lipinski definition) is 1. The smallest absolute Gasteiger partial charge is 0.256 e. The van der Waals surface area contributed by atoms with Crippen molar-refractivity contribution in [2.45, 2.75) is 26.4 Å². The maximum Gasteiger partial charge on any atom is 0.256 e. The highest BCUT2D eigenvalue weighted by Crippen LogP contribution is 2.26. The summed E-state index contributed by atoms with van der Waals surface area (Å²) in [6.45, 7) is 3.99. The van der Waals surface area contributed by atoms with Crippen LogP contribution in [0.1, 0.15) is 22.4 Å². The van der Waals surface area contributed by atoms with Crippen molar-refractivity contribution in [1.29, 1.82) is 0 Å². The minimum Gasteiger partial charge on any atom is -0.461 e. The summed E-state index contributed by atoms with van der Waals surface area (Å²) in [6.07, 6.45) is 2.27. The number of rotatable bonds is 3. The Hall–Kier alpha value is -2.96. The Morgan fingerprint density at radius 1 is 1.24 bits per heavy atom. The van der Waals surface area contributed by atoms with E-state index in [1.807, 2.05) is 25.1 Å². The van der Waals surface area contributed by atoms with Crippen molar-refractivity contribution in [1.82, 2.24) is 19.9 Å². The number of para-hydroxylation sites is 1. The zero-order valence-electron chi connectivity index (χ0n) is 15.9. The van der Waals surface area contributed by atoms with Gasteiger partial charge in [-0.2, -0.15) is 0 Å². The first kappa shape index (κ1) is 18.1. The van der Waals surface area contributed by atoms with E-state index >= 15 is 0 Å². The van der Waals surface area contributed by atoms with Crippen LogP contribution >= 0.6 is 11.6 Å². The number of nitrogens with one attached hydrogen (secondary N) is 1. The van der Waals surface area contributed by atoms with Gasteiger partial charge in [0.1, 0.15) is 5.15 Å². The molecule has 0 fully saturated rings. The van der Waals surface area contributed by atoms with E-state index in [4.69, 9.17) is 16.0 Å². The van der Waals surface area contributed by atoms with Gasteiger partial charge in [0, 0.05) is 37.0 Å². The second-order valence-electron chi connectivity index (χ2n) is 7.36. The normalized spacial score (nSPS) is 14.3. The number of aryl methyl sites for hydroxylation is 1. The molecule has 7 heteroatoms. The van der Waals surface area contributed by atoms with Crippen LogP contribution in [0.5, 0.6) is 0 Å². The molecule has 5 rings (SSSR count). The summed E-state index contributed by atoms with van der Waals surface area (Å²) in [5.74, 6) is 1.04. The summed E-state index contributed by atoms with van der Waals surface area (Å²) in [4.78, 5) is 26.9. The molecular weight excluding hydrogens is 388 g/mol. The monoisotopic (exact) mass is 406 g/mol. The molecular formula is C22H19ClN4O2. The molecule has 0 atom stereocenters. The number of halogens is 1. The van der Waals surface area contributed by atoms with Gasteiger partial charge in [0.15, 0.2) is 11.6 Å². The van der Waals surface area contributed by atoms with E-state index in [0.717, 1.165) is 34.3 Å². The van der Waals surface area contributed by atoms with Crippen LogP contribution in [-0.2, 0) is 19.5 Å². The average molecular weight is 407 g/mol. The Kier molecular flexibility index (Phi) is 4.45. The molecule has 1 N–H and O–H groups in total. The Balaban J connectivity index is 1.42. The molecule has 6 nitrogen and oxygen atoms in total. The summed E-state index contributed by atoms with van der Waals surface area (Å²) in [5, 5.41) is 1.59. The third-order valence-electron chi connectivity index (χ3n) is 5.37. The number of nitrogens with zero attached hydrogens (tertiary/aromatic N) is 3. The summed E-state index contributed by atoms with van der Waals surface area (Å²) in [7, 11) is 0. The molecule has 0 bridgehead atoms. The Morgan fingerprint density at radius 2 is 2.14 bits per heavy atom. The zero-order valence-corrected chi connectivity index (χ0v) is 16.7. The van der Waals surface area contributed by atoms with Crippen LogP contribution in [-0.4, -0.2) is 26.4 Å². The molecule has 0 aliphatic carbocycles. The van der Waals surface area contributed by atoms with Gasteiger partial charge < -0.3 is 9.40 Å². The third-order valence-corrected chi connectivity index (χ3v) is 5.70. The summed E-state index contributed by atoms with van der Waals surface area (Å²) < 4.78 is 5.36. The molecule has 1 aliphatic rings.